The van der Waals surface area contributed by atoms with Gasteiger partial charge in [0, 0.05) is 25.6 Å². The molecule has 4 unspecified atom stereocenters. The number of rotatable bonds is 5. The van der Waals surface area contributed by atoms with E-state index >= 15 is 0 Å². The molecule has 0 aromatic rings. The molecule has 0 saturated carbocycles. The van der Waals surface area contributed by atoms with Crippen LogP contribution in [0.1, 0.15) is 40.0 Å². The van der Waals surface area contributed by atoms with Gasteiger partial charge < -0.3 is 15.7 Å². The molecule has 0 aromatic heterocycles. The Hall–Kier alpha value is -1.10. The summed E-state index contributed by atoms with van der Waals surface area (Å²) < 4.78 is 0. The molecule has 3 N–H and O–H groups in total. The number of likely N-dealkylation sites (tertiary alicyclic amines) is 1. The Morgan fingerprint density at radius 3 is 2.53 bits per heavy atom. The highest BCUT2D eigenvalue weighted by molar-refractivity contribution is 5.79. The van der Waals surface area contributed by atoms with Gasteiger partial charge in [-0.15, -0.1) is 0 Å². The first kappa shape index (κ1) is 16.0. The lowest BCUT2D eigenvalue weighted by molar-refractivity contribution is -0.139. The SMILES string of the molecule is CC(N)C(C)C(=O)N1CCCC(C(C)CC(=O)O)C1. The van der Waals surface area contributed by atoms with Gasteiger partial charge in [0.05, 0.1) is 5.92 Å². The van der Waals surface area contributed by atoms with Crippen LogP contribution in [-0.2, 0) is 9.59 Å². The highest BCUT2D eigenvalue weighted by atomic mass is 16.4. The van der Waals surface area contributed by atoms with Crippen molar-refractivity contribution in [3.8, 4) is 0 Å². The van der Waals surface area contributed by atoms with Crippen LogP contribution in [0, 0.1) is 17.8 Å². The minimum absolute atomic E-state index is 0.0993. The number of hydrogen-bond acceptors (Lipinski definition) is 3. The zero-order valence-corrected chi connectivity index (χ0v) is 12.1. The first-order chi connectivity index (χ1) is 8.82. The van der Waals surface area contributed by atoms with E-state index in [9.17, 15) is 9.59 Å². The highest BCUT2D eigenvalue weighted by Gasteiger charge is 2.31. The summed E-state index contributed by atoms with van der Waals surface area (Å²) in [5, 5.41) is 8.85. The number of hydrogen-bond donors (Lipinski definition) is 2. The Balaban J connectivity index is 2.59. The third-order valence-electron chi connectivity index (χ3n) is 4.25. The maximum absolute atomic E-state index is 12.3. The number of carbonyl (C=O) groups is 2. The number of carboxylic acid groups (broad SMARTS) is 1. The number of amides is 1. The third kappa shape index (κ3) is 4.49. The fraction of sp³-hybridized carbons (Fsp3) is 0.857. The van der Waals surface area contributed by atoms with Crippen molar-refractivity contribution in [2.45, 2.75) is 46.1 Å². The lowest BCUT2D eigenvalue weighted by atomic mass is 9.84. The van der Waals surface area contributed by atoms with E-state index in [1.165, 1.54) is 0 Å². The molecule has 1 aliphatic heterocycles. The Morgan fingerprint density at radius 1 is 1.37 bits per heavy atom. The van der Waals surface area contributed by atoms with E-state index in [1.807, 2.05) is 25.7 Å². The predicted molar refractivity (Wildman–Crippen MR) is 73.5 cm³/mol. The van der Waals surface area contributed by atoms with Crippen molar-refractivity contribution >= 4 is 11.9 Å². The summed E-state index contributed by atoms with van der Waals surface area (Å²) in [7, 11) is 0. The molecule has 1 aliphatic rings. The Labute approximate surface area is 115 Å². The van der Waals surface area contributed by atoms with Crippen molar-refractivity contribution in [2.24, 2.45) is 23.5 Å². The first-order valence-electron chi connectivity index (χ1n) is 7.09. The number of nitrogens with zero attached hydrogens (tertiary/aromatic N) is 1. The van der Waals surface area contributed by atoms with Crippen LogP contribution in [0.3, 0.4) is 0 Å². The van der Waals surface area contributed by atoms with Gasteiger partial charge in [0.1, 0.15) is 0 Å². The molecule has 1 saturated heterocycles. The largest absolute Gasteiger partial charge is 0.481 e. The van der Waals surface area contributed by atoms with E-state index in [4.69, 9.17) is 10.8 Å². The van der Waals surface area contributed by atoms with Gasteiger partial charge in [0.25, 0.3) is 0 Å². The fourth-order valence-electron chi connectivity index (χ4n) is 2.63. The van der Waals surface area contributed by atoms with Crippen molar-refractivity contribution in [1.82, 2.24) is 4.90 Å². The molecule has 1 fully saturated rings. The maximum atomic E-state index is 12.3. The quantitative estimate of drug-likeness (QED) is 0.789. The smallest absolute Gasteiger partial charge is 0.303 e. The van der Waals surface area contributed by atoms with Crippen LogP contribution in [0.15, 0.2) is 0 Å². The number of nitrogens with two attached hydrogens (primary N) is 1. The molecular weight excluding hydrogens is 244 g/mol. The van der Waals surface area contributed by atoms with Crippen LogP contribution in [0.25, 0.3) is 0 Å². The normalized spacial score (nSPS) is 24.6. The molecule has 1 heterocycles. The average molecular weight is 270 g/mol. The Morgan fingerprint density at radius 2 is 2.00 bits per heavy atom. The molecule has 1 amide bonds. The van der Waals surface area contributed by atoms with E-state index in [1.54, 1.807) is 0 Å². The second-order valence-electron chi connectivity index (χ2n) is 5.91. The Bertz CT molecular complexity index is 331. The number of carboxylic acids is 1. The van der Waals surface area contributed by atoms with Gasteiger partial charge >= 0.3 is 5.97 Å². The zero-order valence-electron chi connectivity index (χ0n) is 12.1. The van der Waals surface area contributed by atoms with Crippen molar-refractivity contribution in [2.75, 3.05) is 13.1 Å². The van der Waals surface area contributed by atoms with Gasteiger partial charge in [-0.2, -0.15) is 0 Å². The van der Waals surface area contributed by atoms with E-state index in [0.29, 0.717) is 6.54 Å². The molecule has 1 rings (SSSR count). The second kappa shape index (κ2) is 6.89. The number of aliphatic carboxylic acids is 1. The van der Waals surface area contributed by atoms with Gasteiger partial charge in [0.2, 0.25) is 5.91 Å². The van der Waals surface area contributed by atoms with Crippen LogP contribution in [0.2, 0.25) is 0 Å². The summed E-state index contributed by atoms with van der Waals surface area (Å²) in [6, 6.07) is -0.149. The fourth-order valence-corrected chi connectivity index (χ4v) is 2.63. The zero-order chi connectivity index (χ0) is 14.6. The van der Waals surface area contributed by atoms with Gasteiger partial charge in [-0.1, -0.05) is 13.8 Å². The molecule has 0 spiro atoms. The van der Waals surface area contributed by atoms with Crippen LogP contribution >= 0.6 is 0 Å². The third-order valence-corrected chi connectivity index (χ3v) is 4.25. The van der Waals surface area contributed by atoms with Gasteiger partial charge in [-0.05, 0) is 31.6 Å². The van der Waals surface area contributed by atoms with E-state index < -0.39 is 5.97 Å². The van der Waals surface area contributed by atoms with Crippen molar-refractivity contribution < 1.29 is 14.7 Å². The van der Waals surface area contributed by atoms with Gasteiger partial charge in [-0.25, -0.2) is 0 Å². The molecule has 4 atom stereocenters. The minimum atomic E-state index is -0.764. The van der Waals surface area contributed by atoms with E-state index in [2.05, 4.69) is 0 Å². The lowest BCUT2D eigenvalue weighted by Gasteiger charge is -2.37. The summed E-state index contributed by atoms with van der Waals surface area (Å²) in [4.78, 5) is 24.9. The predicted octanol–water partition coefficient (Wildman–Crippen LogP) is 1.32. The van der Waals surface area contributed by atoms with Crippen LogP contribution in [0.5, 0.6) is 0 Å². The molecular formula is C14H26N2O3. The van der Waals surface area contributed by atoms with E-state index in [-0.39, 0.29) is 36.1 Å². The molecule has 0 bridgehead atoms. The molecule has 5 nitrogen and oxygen atoms in total. The molecule has 0 aromatic carbocycles. The van der Waals surface area contributed by atoms with Gasteiger partial charge in [-0.3, -0.25) is 9.59 Å². The summed E-state index contributed by atoms with van der Waals surface area (Å²) in [5.74, 6) is -0.441. The van der Waals surface area contributed by atoms with Crippen LogP contribution in [-0.4, -0.2) is 41.0 Å². The molecule has 0 radical (unpaired) electrons. The molecule has 0 aliphatic carbocycles. The monoisotopic (exact) mass is 270 g/mol. The Kier molecular flexibility index (Phi) is 5.79. The van der Waals surface area contributed by atoms with Crippen LogP contribution < -0.4 is 5.73 Å². The molecule has 19 heavy (non-hydrogen) atoms. The first-order valence-corrected chi connectivity index (χ1v) is 7.09. The summed E-state index contributed by atoms with van der Waals surface area (Å²) in [5.41, 5.74) is 5.78. The van der Waals surface area contributed by atoms with Crippen molar-refractivity contribution in [3.05, 3.63) is 0 Å². The average Bonchev–Trinajstić information content (AvgIpc) is 2.36. The van der Waals surface area contributed by atoms with Gasteiger partial charge in [0.15, 0.2) is 0 Å². The van der Waals surface area contributed by atoms with Crippen molar-refractivity contribution in [1.29, 1.82) is 0 Å². The topological polar surface area (TPSA) is 83.6 Å². The standard InChI is InChI=1S/C14H26N2O3/c1-9(7-13(17)18)12-5-4-6-16(8-12)14(19)10(2)11(3)15/h9-12H,4-8,15H2,1-3H3,(H,17,18). The minimum Gasteiger partial charge on any atom is -0.481 e. The summed E-state index contributed by atoms with van der Waals surface area (Å²) in [6.45, 7) is 7.10. The van der Waals surface area contributed by atoms with Crippen molar-refractivity contribution in [3.63, 3.8) is 0 Å². The summed E-state index contributed by atoms with van der Waals surface area (Å²) >= 11 is 0. The number of piperidine rings is 1. The second-order valence-corrected chi connectivity index (χ2v) is 5.91. The maximum Gasteiger partial charge on any atom is 0.303 e. The van der Waals surface area contributed by atoms with Crippen LogP contribution in [0.4, 0.5) is 0 Å². The lowest BCUT2D eigenvalue weighted by Crippen LogP contribution is -2.47. The molecule has 5 heteroatoms. The number of carbonyl (C=O) groups excluding carboxylic acids is 1. The summed E-state index contributed by atoms with van der Waals surface area (Å²) in [6.07, 6.45) is 2.13. The highest BCUT2D eigenvalue weighted by Crippen LogP contribution is 2.27. The molecule has 110 valence electrons. The van der Waals surface area contributed by atoms with E-state index in [0.717, 1.165) is 19.4 Å².